The average molecular weight is 389 g/mol. The number of nitrogens with zero attached hydrogens (tertiary/aromatic N) is 3. The second kappa shape index (κ2) is 7.87. The SMILES string of the molecule is CC(C)CN1C(=O)C(=O)N(CC(=O)N(C)Cc2ccc3c(c2)OCCO3)C1=O. The molecule has 0 spiro atoms. The van der Waals surface area contributed by atoms with Gasteiger partial charge in [0.05, 0.1) is 0 Å². The third kappa shape index (κ3) is 3.92. The van der Waals surface area contributed by atoms with Crippen LogP contribution in [-0.2, 0) is 20.9 Å². The second-order valence-corrected chi connectivity index (χ2v) is 7.21. The molecule has 28 heavy (non-hydrogen) atoms. The van der Waals surface area contributed by atoms with Gasteiger partial charge in [-0.05, 0) is 23.6 Å². The summed E-state index contributed by atoms with van der Waals surface area (Å²) < 4.78 is 11.0. The van der Waals surface area contributed by atoms with E-state index in [0.717, 1.165) is 10.5 Å². The maximum Gasteiger partial charge on any atom is 0.334 e. The van der Waals surface area contributed by atoms with E-state index in [2.05, 4.69) is 0 Å². The van der Waals surface area contributed by atoms with Crippen LogP contribution in [0.1, 0.15) is 19.4 Å². The van der Waals surface area contributed by atoms with Crippen LogP contribution in [0.4, 0.5) is 4.79 Å². The van der Waals surface area contributed by atoms with Crippen LogP contribution in [0.15, 0.2) is 18.2 Å². The van der Waals surface area contributed by atoms with Crippen molar-refractivity contribution in [2.24, 2.45) is 5.92 Å². The molecule has 1 aromatic carbocycles. The van der Waals surface area contributed by atoms with Crippen molar-refractivity contribution in [3.63, 3.8) is 0 Å². The lowest BCUT2D eigenvalue weighted by Crippen LogP contribution is -2.42. The molecule has 0 atom stereocenters. The summed E-state index contributed by atoms with van der Waals surface area (Å²) >= 11 is 0. The number of hydrogen-bond acceptors (Lipinski definition) is 6. The molecule has 1 fully saturated rings. The Morgan fingerprint density at radius 3 is 2.39 bits per heavy atom. The largest absolute Gasteiger partial charge is 0.486 e. The molecule has 5 amide bonds. The van der Waals surface area contributed by atoms with Crippen molar-refractivity contribution < 1.29 is 28.7 Å². The van der Waals surface area contributed by atoms with Crippen molar-refractivity contribution >= 4 is 23.8 Å². The Hall–Kier alpha value is -3.10. The first-order valence-electron chi connectivity index (χ1n) is 9.07. The third-order valence-corrected chi connectivity index (χ3v) is 4.43. The molecule has 2 aliphatic heterocycles. The molecule has 0 aromatic heterocycles. The van der Waals surface area contributed by atoms with Crippen molar-refractivity contribution in [3.05, 3.63) is 23.8 Å². The fourth-order valence-corrected chi connectivity index (χ4v) is 3.02. The lowest BCUT2D eigenvalue weighted by atomic mass is 10.2. The van der Waals surface area contributed by atoms with Crippen LogP contribution >= 0.6 is 0 Å². The average Bonchev–Trinajstić information content (AvgIpc) is 2.85. The topological polar surface area (TPSA) is 96.5 Å². The van der Waals surface area contributed by atoms with Crippen LogP contribution in [0, 0.1) is 5.92 Å². The summed E-state index contributed by atoms with van der Waals surface area (Å²) in [6.45, 7) is 4.55. The monoisotopic (exact) mass is 389 g/mol. The minimum absolute atomic E-state index is 0.0224. The molecule has 150 valence electrons. The quantitative estimate of drug-likeness (QED) is 0.529. The van der Waals surface area contributed by atoms with Crippen LogP contribution in [0.25, 0.3) is 0 Å². The number of imide groups is 2. The van der Waals surface area contributed by atoms with Crippen molar-refractivity contribution in [1.29, 1.82) is 0 Å². The molecular formula is C19H23N3O6. The summed E-state index contributed by atoms with van der Waals surface area (Å²) in [4.78, 5) is 51.9. The number of amides is 5. The van der Waals surface area contributed by atoms with Gasteiger partial charge in [-0.1, -0.05) is 19.9 Å². The third-order valence-electron chi connectivity index (χ3n) is 4.43. The number of carbonyl (C=O) groups is 4. The van der Waals surface area contributed by atoms with Gasteiger partial charge in [-0.25, -0.2) is 9.69 Å². The number of carbonyl (C=O) groups excluding carboxylic acids is 4. The van der Waals surface area contributed by atoms with Gasteiger partial charge in [-0.2, -0.15) is 0 Å². The maximum absolute atomic E-state index is 12.5. The lowest BCUT2D eigenvalue weighted by molar-refractivity contribution is -0.144. The molecule has 3 rings (SSSR count). The number of hydrogen-bond donors (Lipinski definition) is 0. The molecule has 0 unspecified atom stereocenters. The summed E-state index contributed by atoms with van der Waals surface area (Å²) in [5.74, 6) is -1.01. The number of rotatable bonds is 6. The van der Waals surface area contributed by atoms with E-state index in [4.69, 9.17) is 9.47 Å². The highest BCUT2D eigenvalue weighted by Gasteiger charge is 2.45. The minimum atomic E-state index is -0.966. The Morgan fingerprint density at radius 1 is 1.07 bits per heavy atom. The van der Waals surface area contributed by atoms with E-state index in [-0.39, 0.29) is 19.0 Å². The smallest absolute Gasteiger partial charge is 0.334 e. The number of benzene rings is 1. The molecule has 1 saturated heterocycles. The standard InChI is InChI=1S/C19H23N3O6/c1-12(2)9-21-17(24)18(25)22(19(21)26)11-16(23)20(3)10-13-4-5-14-15(8-13)28-7-6-27-14/h4-5,8,12H,6-7,9-11H2,1-3H3. The van der Waals surface area contributed by atoms with E-state index in [9.17, 15) is 19.2 Å². The predicted octanol–water partition coefficient (Wildman–Crippen LogP) is 0.863. The molecule has 0 saturated carbocycles. The van der Waals surface area contributed by atoms with Crippen LogP contribution < -0.4 is 9.47 Å². The minimum Gasteiger partial charge on any atom is -0.486 e. The van der Waals surface area contributed by atoms with Crippen molar-refractivity contribution in [2.75, 3.05) is 33.4 Å². The van der Waals surface area contributed by atoms with E-state index in [1.54, 1.807) is 19.2 Å². The van der Waals surface area contributed by atoms with E-state index < -0.39 is 30.3 Å². The molecule has 0 aliphatic carbocycles. The van der Waals surface area contributed by atoms with E-state index in [0.29, 0.717) is 29.6 Å². The van der Waals surface area contributed by atoms with Gasteiger partial charge in [0, 0.05) is 20.1 Å². The molecule has 1 aromatic rings. The fourth-order valence-electron chi connectivity index (χ4n) is 3.02. The zero-order valence-corrected chi connectivity index (χ0v) is 16.1. The van der Waals surface area contributed by atoms with Gasteiger partial charge >= 0.3 is 17.8 Å². The van der Waals surface area contributed by atoms with Crippen LogP contribution in [-0.4, -0.2) is 71.8 Å². The summed E-state index contributed by atoms with van der Waals surface area (Å²) in [7, 11) is 1.57. The van der Waals surface area contributed by atoms with Crippen LogP contribution in [0.2, 0.25) is 0 Å². The van der Waals surface area contributed by atoms with E-state index >= 15 is 0 Å². The summed E-state index contributed by atoms with van der Waals surface area (Å²) in [5.41, 5.74) is 0.816. The van der Waals surface area contributed by atoms with Crippen LogP contribution in [0.3, 0.4) is 0 Å². The van der Waals surface area contributed by atoms with Crippen molar-refractivity contribution in [2.45, 2.75) is 20.4 Å². The van der Waals surface area contributed by atoms with E-state index in [1.807, 2.05) is 19.9 Å². The molecule has 0 radical (unpaired) electrons. The van der Waals surface area contributed by atoms with Crippen LogP contribution in [0.5, 0.6) is 11.5 Å². The number of ether oxygens (including phenoxy) is 2. The number of fused-ring (bicyclic) bond motifs is 1. The molecule has 9 nitrogen and oxygen atoms in total. The van der Waals surface area contributed by atoms with Gasteiger partial charge < -0.3 is 14.4 Å². The fraction of sp³-hybridized carbons (Fsp3) is 0.474. The zero-order chi connectivity index (χ0) is 20.4. The summed E-state index contributed by atoms with van der Waals surface area (Å²) in [6, 6.07) is 4.64. The molecular weight excluding hydrogens is 366 g/mol. The van der Waals surface area contributed by atoms with Gasteiger partial charge in [0.25, 0.3) is 0 Å². The van der Waals surface area contributed by atoms with Gasteiger partial charge in [0.2, 0.25) is 5.91 Å². The molecule has 9 heteroatoms. The highest BCUT2D eigenvalue weighted by atomic mass is 16.6. The highest BCUT2D eigenvalue weighted by molar-refractivity contribution is 6.45. The first-order valence-corrected chi connectivity index (χ1v) is 9.07. The van der Waals surface area contributed by atoms with Gasteiger partial charge in [0.1, 0.15) is 19.8 Å². The van der Waals surface area contributed by atoms with Gasteiger partial charge in [0.15, 0.2) is 11.5 Å². The Bertz CT molecular complexity index is 822. The second-order valence-electron chi connectivity index (χ2n) is 7.21. The first-order chi connectivity index (χ1) is 13.3. The predicted molar refractivity (Wildman–Crippen MR) is 97.6 cm³/mol. The Morgan fingerprint density at radius 2 is 1.71 bits per heavy atom. The van der Waals surface area contributed by atoms with Crippen molar-refractivity contribution in [3.8, 4) is 11.5 Å². The molecule has 2 aliphatic rings. The number of likely N-dealkylation sites (N-methyl/N-ethyl adjacent to an activating group) is 1. The normalized spacial score (nSPS) is 16.2. The Balaban J connectivity index is 1.63. The maximum atomic E-state index is 12.5. The van der Waals surface area contributed by atoms with Crippen molar-refractivity contribution in [1.82, 2.24) is 14.7 Å². The van der Waals surface area contributed by atoms with E-state index in [1.165, 1.54) is 4.90 Å². The number of urea groups is 1. The lowest BCUT2D eigenvalue weighted by Gasteiger charge is -2.22. The molecule has 0 N–H and O–H groups in total. The molecule has 0 bridgehead atoms. The highest BCUT2D eigenvalue weighted by Crippen LogP contribution is 2.31. The summed E-state index contributed by atoms with van der Waals surface area (Å²) in [5, 5.41) is 0. The zero-order valence-electron chi connectivity index (χ0n) is 16.1. The van der Waals surface area contributed by atoms with Gasteiger partial charge in [-0.15, -0.1) is 0 Å². The Labute approximate surface area is 162 Å². The Kier molecular flexibility index (Phi) is 5.53. The molecule has 2 heterocycles. The van der Waals surface area contributed by atoms with Gasteiger partial charge in [-0.3, -0.25) is 19.3 Å². The first kappa shape index (κ1) is 19.7. The summed E-state index contributed by atoms with van der Waals surface area (Å²) in [6.07, 6.45) is 0.